The summed E-state index contributed by atoms with van der Waals surface area (Å²) >= 11 is 5.31. The third-order valence-corrected chi connectivity index (χ3v) is 2.84. The molecule has 0 atom stereocenters. The molecule has 0 amide bonds. The smallest absolute Gasteiger partial charge is 0.400 e. The average molecular weight is 311 g/mol. The molecule has 0 unspecified atom stereocenters. The van der Waals surface area contributed by atoms with Gasteiger partial charge in [-0.15, -0.1) is 13.2 Å². The molecule has 17 heavy (non-hydrogen) atoms. The molecule has 1 aromatic rings. The standard InChI is InChI=1S/C6H3Cl2F3N2O3S/c7-5-4(16-6(9,10)11)2(12)1-3(13-5)17(8,14)15/h1H,(H2,12,13). The molecule has 96 valence electrons. The third kappa shape index (κ3) is 3.79. The summed E-state index contributed by atoms with van der Waals surface area (Å²) in [4.78, 5) is 3.13. The second kappa shape index (κ2) is 4.39. The molecule has 5 nitrogen and oxygen atoms in total. The largest absolute Gasteiger partial charge is 0.573 e. The van der Waals surface area contributed by atoms with Gasteiger partial charge in [-0.05, 0) is 0 Å². The SMILES string of the molecule is Nc1cc(S(=O)(=O)Cl)nc(Cl)c1OC(F)(F)F. The van der Waals surface area contributed by atoms with Crippen LogP contribution in [0.2, 0.25) is 5.15 Å². The lowest BCUT2D eigenvalue weighted by molar-refractivity contribution is -0.274. The molecule has 0 aliphatic heterocycles. The molecule has 0 bridgehead atoms. The summed E-state index contributed by atoms with van der Waals surface area (Å²) in [7, 11) is 0.672. The molecule has 0 saturated carbocycles. The summed E-state index contributed by atoms with van der Waals surface area (Å²) in [6.07, 6.45) is -5.03. The van der Waals surface area contributed by atoms with E-state index in [-0.39, 0.29) is 0 Å². The van der Waals surface area contributed by atoms with Crippen molar-refractivity contribution >= 4 is 37.0 Å². The van der Waals surface area contributed by atoms with E-state index in [1.807, 2.05) is 0 Å². The second-order valence-corrected chi connectivity index (χ2v) is 5.53. The lowest BCUT2D eigenvalue weighted by Crippen LogP contribution is -2.19. The van der Waals surface area contributed by atoms with Crippen LogP contribution in [0, 0.1) is 0 Å². The van der Waals surface area contributed by atoms with Gasteiger partial charge in [-0.25, -0.2) is 13.4 Å². The normalized spacial score (nSPS) is 12.5. The topological polar surface area (TPSA) is 82.3 Å². The Morgan fingerprint density at radius 3 is 2.29 bits per heavy atom. The number of anilines is 1. The van der Waals surface area contributed by atoms with Crippen molar-refractivity contribution in [2.75, 3.05) is 5.73 Å². The number of hydrogen-bond acceptors (Lipinski definition) is 5. The average Bonchev–Trinajstić information content (AvgIpc) is 2.07. The van der Waals surface area contributed by atoms with Gasteiger partial charge in [0.15, 0.2) is 15.9 Å². The summed E-state index contributed by atoms with van der Waals surface area (Å²) in [5.41, 5.74) is 4.50. The maximum Gasteiger partial charge on any atom is 0.573 e. The van der Waals surface area contributed by atoms with Crippen LogP contribution >= 0.6 is 22.3 Å². The number of hydrogen-bond donors (Lipinski definition) is 1. The number of aromatic nitrogens is 1. The van der Waals surface area contributed by atoms with E-state index in [0.29, 0.717) is 6.07 Å². The minimum absolute atomic E-state index is 0.606. The van der Waals surface area contributed by atoms with E-state index in [0.717, 1.165) is 0 Å². The van der Waals surface area contributed by atoms with Crippen LogP contribution in [0.3, 0.4) is 0 Å². The Kier molecular flexibility index (Phi) is 3.65. The van der Waals surface area contributed by atoms with E-state index < -0.39 is 37.0 Å². The minimum Gasteiger partial charge on any atom is -0.400 e. The van der Waals surface area contributed by atoms with Crippen molar-refractivity contribution in [1.82, 2.24) is 4.98 Å². The van der Waals surface area contributed by atoms with Gasteiger partial charge in [0.2, 0.25) is 0 Å². The van der Waals surface area contributed by atoms with E-state index >= 15 is 0 Å². The summed E-state index contributed by atoms with van der Waals surface area (Å²) < 4.78 is 61.0. The lowest BCUT2D eigenvalue weighted by Gasteiger charge is -2.12. The maximum absolute atomic E-state index is 11.9. The fourth-order valence-electron chi connectivity index (χ4n) is 0.839. The predicted molar refractivity (Wildman–Crippen MR) is 53.4 cm³/mol. The fourth-order valence-corrected chi connectivity index (χ4v) is 1.83. The summed E-state index contributed by atoms with van der Waals surface area (Å²) in [5.74, 6) is -0.983. The molecule has 0 aromatic carbocycles. The van der Waals surface area contributed by atoms with Crippen molar-refractivity contribution in [3.8, 4) is 5.75 Å². The molecular formula is C6H3Cl2F3N2O3S. The van der Waals surface area contributed by atoms with Crippen molar-refractivity contribution in [1.29, 1.82) is 0 Å². The molecule has 1 aromatic heterocycles. The van der Waals surface area contributed by atoms with Gasteiger partial charge in [-0.2, -0.15) is 0 Å². The molecule has 0 aliphatic rings. The van der Waals surface area contributed by atoms with E-state index in [2.05, 4.69) is 9.72 Å². The number of nitrogens with zero attached hydrogens (tertiary/aromatic N) is 1. The molecule has 0 spiro atoms. The Labute approximate surface area is 103 Å². The van der Waals surface area contributed by atoms with Crippen LogP contribution in [-0.2, 0) is 9.05 Å². The van der Waals surface area contributed by atoms with E-state index in [4.69, 9.17) is 28.0 Å². The molecule has 0 saturated heterocycles. The lowest BCUT2D eigenvalue weighted by atomic mass is 10.4. The van der Waals surface area contributed by atoms with Crippen molar-refractivity contribution in [2.24, 2.45) is 0 Å². The number of nitrogens with two attached hydrogens (primary N) is 1. The van der Waals surface area contributed by atoms with Gasteiger partial charge in [-0.1, -0.05) is 11.6 Å². The van der Waals surface area contributed by atoms with Gasteiger partial charge in [0.25, 0.3) is 9.05 Å². The zero-order valence-electron chi connectivity index (χ0n) is 7.62. The number of ether oxygens (including phenoxy) is 1. The van der Waals surface area contributed by atoms with Crippen LogP contribution in [-0.4, -0.2) is 19.8 Å². The molecular weight excluding hydrogens is 308 g/mol. The molecule has 0 fully saturated rings. The zero-order valence-corrected chi connectivity index (χ0v) is 9.95. The monoisotopic (exact) mass is 310 g/mol. The van der Waals surface area contributed by atoms with Crippen LogP contribution < -0.4 is 10.5 Å². The Morgan fingerprint density at radius 2 is 1.94 bits per heavy atom. The molecule has 1 rings (SSSR count). The number of alkyl halides is 3. The molecule has 1 heterocycles. The van der Waals surface area contributed by atoms with Crippen LogP contribution in [0.4, 0.5) is 18.9 Å². The third-order valence-electron chi connectivity index (χ3n) is 1.40. The van der Waals surface area contributed by atoms with Crippen molar-refractivity contribution in [2.45, 2.75) is 11.4 Å². The number of nitrogen functional groups attached to an aromatic ring is 1. The molecule has 2 N–H and O–H groups in total. The first-order valence-electron chi connectivity index (χ1n) is 3.67. The van der Waals surface area contributed by atoms with Gasteiger partial charge >= 0.3 is 6.36 Å². The highest BCUT2D eigenvalue weighted by Crippen LogP contribution is 2.35. The van der Waals surface area contributed by atoms with Crippen LogP contribution in [0.25, 0.3) is 0 Å². The summed E-state index contributed by atoms with van der Waals surface area (Å²) in [5, 5.41) is -1.63. The highest BCUT2D eigenvalue weighted by molar-refractivity contribution is 8.13. The van der Waals surface area contributed by atoms with Gasteiger partial charge in [-0.3, -0.25) is 0 Å². The highest BCUT2D eigenvalue weighted by Gasteiger charge is 2.34. The van der Waals surface area contributed by atoms with Crippen molar-refractivity contribution in [3.63, 3.8) is 0 Å². The van der Waals surface area contributed by atoms with Gasteiger partial charge in [0, 0.05) is 16.7 Å². The highest BCUT2D eigenvalue weighted by atomic mass is 35.7. The first kappa shape index (κ1) is 14.1. The Morgan fingerprint density at radius 1 is 1.41 bits per heavy atom. The first-order valence-corrected chi connectivity index (χ1v) is 6.36. The van der Waals surface area contributed by atoms with E-state index in [1.54, 1.807) is 0 Å². The summed E-state index contributed by atoms with van der Waals surface area (Å²) in [6, 6.07) is 0.606. The van der Waals surface area contributed by atoms with Crippen LogP contribution in [0.1, 0.15) is 0 Å². The Balaban J connectivity index is 3.30. The predicted octanol–water partition coefficient (Wildman–Crippen LogP) is 2.14. The first-order chi connectivity index (χ1) is 7.50. The zero-order chi connectivity index (χ0) is 13.4. The van der Waals surface area contributed by atoms with Crippen LogP contribution in [0.5, 0.6) is 5.75 Å². The summed E-state index contributed by atoms with van der Waals surface area (Å²) in [6.45, 7) is 0. The van der Waals surface area contributed by atoms with Crippen molar-refractivity contribution < 1.29 is 26.3 Å². The Bertz CT molecular complexity index is 523. The maximum atomic E-state index is 11.9. The van der Waals surface area contributed by atoms with Crippen LogP contribution in [0.15, 0.2) is 11.1 Å². The van der Waals surface area contributed by atoms with Gasteiger partial charge in [0.05, 0.1) is 5.69 Å². The number of halogens is 5. The fraction of sp³-hybridized carbons (Fsp3) is 0.167. The van der Waals surface area contributed by atoms with E-state index in [9.17, 15) is 21.6 Å². The number of rotatable bonds is 2. The molecule has 11 heteroatoms. The quantitative estimate of drug-likeness (QED) is 0.668. The van der Waals surface area contributed by atoms with Crippen molar-refractivity contribution in [3.05, 3.63) is 11.2 Å². The van der Waals surface area contributed by atoms with Gasteiger partial charge in [0.1, 0.15) is 0 Å². The minimum atomic E-state index is -5.03. The molecule has 0 radical (unpaired) electrons. The number of pyridine rings is 1. The van der Waals surface area contributed by atoms with E-state index in [1.165, 1.54) is 0 Å². The molecule has 0 aliphatic carbocycles. The van der Waals surface area contributed by atoms with Gasteiger partial charge < -0.3 is 10.5 Å². The second-order valence-electron chi connectivity index (χ2n) is 2.66. The Hall–Kier alpha value is -0.930.